The highest BCUT2D eigenvalue weighted by atomic mass is 79.9. The molecule has 2 fully saturated rings. The largest absolute Gasteiger partial charge is 0.446 e. The summed E-state index contributed by atoms with van der Waals surface area (Å²) in [6, 6.07) is 12.6. The van der Waals surface area contributed by atoms with Gasteiger partial charge in [0.05, 0.1) is 0 Å². The number of rotatable bonds is 4. The van der Waals surface area contributed by atoms with Crippen molar-refractivity contribution in [3.8, 4) is 0 Å². The Morgan fingerprint density at radius 2 is 1.04 bits per heavy atom. The standard InChI is InChI=1S/C17H23F3N2O2S.C10H20N2O2.C7H4BrF3S/c1-16(2,3)24-15(23)22-10-8-13(9-11-22)21-12-4-6-14(7-5-12)25-17(18,19)20;1-10(2,3)14-9(13)12-6-4-8(11)5-7-12;8-5-1-3-6(4-2-5)12-7(9,10)11/h4-7,13,21H,8-11H2,1-3H3;8H,4-7,11H2,1-3H3;1-4H. The number of amides is 2. The van der Waals surface area contributed by atoms with E-state index in [0.717, 1.165) is 48.9 Å². The van der Waals surface area contributed by atoms with Gasteiger partial charge in [0.15, 0.2) is 0 Å². The number of hydrogen-bond donors (Lipinski definition) is 2. The second-order valence-corrected chi connectivity index (χ2v) is 17.0. The summed E-state index contributed by atoms with van der Waals surface area (Å²) < 4.78 is 83.7. The highest BCUT2D eigenvalue weighted by Crippen LogP contribution is 2.38. The molecule has 0 saturated carbocycles. The van der Waals surface area contributed by atoms with E-state index in [2.05, 4.69) is 21.2 Å². The van der Waals surface area contributed by atoms with Crippen LogP contribution in [0.25, 0.3) is 0 Å². The summed E-state index contributed by atoms with van der Waals surface area (Å²) in [5.74, 6) is 0. The van der Waals surface area contributed by atoms with Crippen molar-refractivity contribution in [1.82, 2.24) is 9.80 Å². The number of nitrogens with zero attached hydrogens (tertiary/aromatic N) is 2. The van der Waals surface area contributed by atoms with Crippen LogP contribution in [0.15, 0.2) is 62.8 Å². The number of piperidine rings is 2. The van der Waals surface area contributed by atoms with Gasteiger partial charge in [0, 0.05) is 58.2 Å². The molecule has 2 heterocycles. The minimum absolute atomic E-state index is 0.111. The number of benzene rings is 2. The zero-order valence-electron chi connectivity index (χ0n) is 29.5. The maximum absolute atomic E-state index is 12.3. The molecule has 0 unspecified atom stereocenters. The van der Waals surface area contributed by atoms with Crippen molar-refractivity contribution in [2.75, 3.05) is 31.5 Å². The Kier molecular flexibility index (Phi) is 17.1. The lowest BCUT2D eigenvalue weighted by Crippen LogP contribution is -2.44. The van der Waals surface area contributed by atoms with Crippen LogP contribution in [-0.2, 0) is 9.47 Å². The Balaban J connectivity index is 0.000000292. The summed E-state index contributed by atoms with van der Waals surface area (Å²) in [5.41, 5.74) is -2.87. The highest BCUT2D eigenvalue weighted by molar-refractivity contribution is 9.10. The maximum atomic E-state index is 12.3. The maximum Gasteiger partial charge on any atom is 0.446 e. The van der Waals surface area contributed by atoms with Gasteiger partial charge >= 0.3 is 23.2 Å². The predicted octanol–water partition coefficient (Wildman–Crippen LogP) is 10.5. The Hall–Kier alpha value is -2.50. The monoisotopic (exact) mass is 832 g/mol. The van der Waals surface area contributed by atoms with Crippen LogP contribution in [0.4, 0.5) is 41.6 Å². The molecule has 8 nitrogen and oxygen atoms in total. The first kappa shape index (κ1) is 44.7. The van der Waals surface area contributed by atoms with Crippen molar-refractivity contribution >= 4 is 57.3 Å². The number of nitrogens with one attached hydrogen (secondary N) is 1. The quantitative estimate of drug-likeness (QED) is 0.232. The highest BCUT2D eigenvalue weighted by Gasteiger charge is 2.30. The molecule has 288 valence electrons. The number of carbonyl (C=O) groups is 2. The zero-order chi connectivity index (χ0) is 38.6. The van der Waals surface area contributed by atoms with Gasteiger partial charge in [-0.1, -0.05) is 15.9 Å². The van der Waals surface area contributed by atoms with Gasteiger partial charge in [-0.05, 0) is 139 Å². The molecule has 0 bridgehead atoms. The van der Waals surface area contributed by atoms with E-state index in [9.17, 15) is 35.9 Å². The molecule has 0 spiro atoms. The lowest BCUT2D eigenvalue weighted by atomic mass is 10.0. The van der Waals surface area contributed by atoms with Gasteiger partial charge in [-0.3, -0.25) is 0 Å². The number of halogens is 7. The summed E-state index contributed by atoms with van der Waals surface area (Å²) in [5, 5.41) is 3.31. The molecule has 2 aromatic carbocycles. The third-order valence-electron chi connectivity index (χ3n) is 6.84. The average Bonchev–Trinajstić information content (AvgIpc) is 2.98. The molecule has 4 rings (SSSR count). The van der Waals surface area contributed by atoms with E-state index >= 15 is 0 Å². The molecule has 0 aromatic heterocycles. The Bertz CT molecular complexity index is 1360. The van der Waals surface area contributed by atoms with E-state index in [1.165, 1.54) is 24.3 Å². The van der Waals surface area contributed by atoms with Crippen LogP contribution < -0.4 is 11.1 Å². The lowest BCUT2D eigenvalue weighted by Gasteiger charge is -2.34. The molecule has 0 aliphatic carbocycles. The van der Waals surface area contributed by atoms with E-state index in [0.29, 0.717) is 13.1 Å². The van der Waals surface area contributed by atoms with Crippen LogP contribution >= 0.6 is 39.5 Å². The molecule has 2 saturated heterocycles. The van der Waals surface area contributed by atoms with Gasteiger partial charge < -0.3 is 30.3 Å². The van der Waals surface area contributed by atoms with Crippen LogP contribution in [0, 0.1) is 0 Å². The molecule has 2 amide bonds. The van der Waals surface area contributed by atoms with Crippen LogP contribution in [-0.4, -0.2) is 82.5 Å². The summed E-state index contributed by atoms with van der Waals surface area (Å²) in [7, 11) is 0. The van der Waals surface area contributed by atoms with E-state index < -0.39 is 22.2 Å². The van der Waals surface area contributed by atoms with Crippen molar-refractivity contribution in [1.29, 1.82) is 0 Å². The fourth-order valence-corrected chi connectivity index (χ4v) is 5.91. The molecule has 2 aromatic rings. The number of carbonyl (C=O) groups excluding carboxylic acids is 2. The topological polar surface area (TPSA) is 97.1 Å². The van der Waals surface area contributed by atoms with Crippen molar-refractivity contribution in [3.05, 3.63) is 53.0 Å². The van der Waals surface area contributed by atoms with Crippen molar-refractivity contribution in [3.63, 3.8) is 0 Å². The Labute approximate surface area is 313 Å². The summed E-state index contributed by atoms with van der Waals surface area (Å²) >= 11 is 2.90. The molecule has 3 N–H and O–H groups in total. The van der Waals surface area contributed by atoms with Gasteiger partial charge in [0.1, 0.15) is 11.2 Å². The fourth-order valence-electron chi connectivity index (χ4n) is 4.57. The second-order valence-electron chi connectivity index (χ2n) is 13.8. The Morgan fingerprint density at radius 1 is 0.686 bits per heavy atom. The summed E-state index contributed by atoms with van der Waals surface area (Å²) in [6.45, 7) is 13.7. The van der Waals surface area contributed by atoms with Gasteiger partial charge in [0.25, 0.3) is 0 Å². The normalized spacial score (nSPS) is 16.3. The number of hydrogen-bond acceptors (Lipinski definition) is 8. The van der Waals surface area contributed by atoms with E-state index in [1.54, 1.807) is 34.1 Å². The predicted molar refractivity (Wildman–Crippen MR) is 194 cm³/mol. The van der Waals surface area contributed by atoms with Gasteiger partial charge in [0.2, 0.25) is 0 Å². The average molecular weight is 834 g/mol. The van der Waals surface area contributed by atoms with Gasteiger partial charge in [-0.25, -0.2) is 9.59 Å². The Morgan fingerprint density at radius 3 is 1.39 bits per heavy atom. The number of likely N-dealkylation sites (tertiary alicyclic amines) is 2. The van der Waals surface area contributed by atoms with E-state index in [4.69, 9.17) is 15.2 Å². The number of nitrogens with two attached hydrogens (primary N) is 1. The summed E-state index contributed by atoms with van der Waals surface area (Å²) in [6.07, 6.45) is 2.75. The SMILES string of the molecule is CC(C)(C)OC(=O)N1CCC(N)CC1.CC(C)(C)OC(=O)N1CCC(Nc2ccc(SC(F)(F)F)cc2)CC1.FC(F)(F)Sc1ccc(Br)cc1. The molecule has 0 atom stereocenters. The zero-order valence-corrected chi connectivity index (χ0v) is 32.7. The first-order valence-corrected chi connectivity index (χ1v) is 18.6. The first-order valence-electron chi connectivity index (χ1n) is 16.2. The lowest BCUT2D eigenvalue weighted by molar-refractivity contribution is -0.0337. The molecule has 2 aliphatic rings. The number of ether oxygens (including phenoxy) is 2. The third kappa shape index (κ3) is 20.4. The number of anilines is 1. The van der Waals surface area contributed by atoms with Crippen LogP contribution in [0.2, 0.25) is 0 Å². The van der Waals surface area contributed by atoms with Crippen LogP contribution in [0.3, 0.4) is 0 Å². The van der Waals surface area contributed by atoms with E-state index in [-0.39, 0.29) is 57.6 Å². The number of thioether (sulfide) groups is 2. The van der Waals surface area contributed by atoms with Crippen molar-refractivity contribution < 1.29 is 45.4 Å². The van der Waals surface area contributed by atoms with Gasteiger partial charge in [-0.15, -0.1) is 0 Å². The minimum Gasteiger partial charge on any atom is -0.444 e. The van der Waals surface area contributed by atoms with E-state index in [1.807, 2.05) is 41.5 Å². The molecule has 51 heavy (non-hydrogen) atoms. The fraction of sp³-hybridized carbons (Fsp3) is 0.588. The van der Waals surface area contributed by atoms with Crippen molar-refractivity contribution in [2.45, 2.75) is 111 Å². The van der Waals surface area contributed by atoms with Crippen LogP contribution in [0.5, 0.6) is 0 Å². The smallest absolute Gasteiger partial charge is 0.444 e. The third-order valence-corrected chi connectivity index (χ3v) is 8.85. The molecule has 2 aliphatic heterocycles. The molecular weight excluding hydrogens is 786 g/mol. The molecule has 0 radical (unpaired) electrons. The van der Waals surface area contributed by atoms with Crippen LogP contribution in [0.1, 0.15) is 67.2 Å². The molecular formula is C34H47BrF6N4O4S2. The molecule has 17 heteroatoms. The second kappa shape index (κ2) is 19.5. The summed E-state index contributed by atoms with van der Waals surface area (Å²) in [4.78, 5) is 27.4. The van der Waals surface area contributed by atoms with Crippen molar-refractivity contribution in [2.24, 2.45) is 5.73 Å². The van der Waals surface area contributed by atoms with Gasteiger partial charge in [-0.2, -0.15) is 26.3 Å². The minimum atomic E-state index is -4.27. The number of alkyl halides is 6. The first-order chi connectivity index (χ1) is 23.4.